The highest BCUT2D eigenvalue weighted by Crippen LogP contribution is 2.50. The highest BCUT2D eigenvalue weighted by molar-refractivity contribution is 7.65. The first-order valence-corrected chi connectivity index (χ1v) is 21.7. The van der Waals surface area contributed by atoms with Gasteiger partial charge < -0.3 is 4.23 Å². The third-order valence-electron chi connectivity index (χ3n) is 7.15. The zero-order chi connectivity index (χ0) is 21.9. The molecule has 0 aromatic rings. The average molecular weight is 491 g/mol. The fourth-order valence-electron chi connectivity index (χ4n) is 3.58. The van der Waals surface area contributed by atoms with Crippen molar-refractivity contribution in [3.8, 4) is 0 Å². The van der Waals surface area contributed by atoms with E-state index in [1.165, 1.54) is 32.1 Å². The molecule has 0 bridgehead atoms. The molecule has 0 N–H and O–H groups in total. The van der Waals surface area contributed by atoms with Gasteiger partial charge >= 0.3 is 6.00 Å². The first-order chi connectivity index (χ1) is 11.8. The molecule has 0 aromatic carbocycles. The molecular formula is C20H46Cl3NSi3. The van der Waals surface area contributed by atoms with Crippen LogP contribution in [0.15, 0.2) is 0 Å². The summed E-state index contributed by atoms with van der Waals surface area (Å²) in [7, 11) is -3.70. The molecule has 0 saturated heterocycles. The van der Waals surface area contributed by atoms with Crippen molar-refractivity contribution in [2.45, 2.75) is 129 Å². The van der Waals surface area contributed by atoms with E-state index in [0.29, 0.717) is 0 Å². The second-order valence-electron chi connectivity index (χ2n) is 11.2. The minimum Gasteiger partial charge on any atom is -0.342 e. The van der Waals surface area contributed by atoms with Crippen LogP contribution in [0.3, 0.4) is 0 Å². The van der Waals surface area contributed by atoms with Crippen LogP contribution in [0.25, 0.3) is 0 Å². The summed E-state index contributed by atoms with van der Waals surface area (Å²) in [6, 6.07) is -2.88. The first kappa shape index (κ1) is 28.5. The molecule has 0 rings (SSSR count). The van der Waals surface area contributed by atoms with Gasteiger partial charge in [-0.2, -0.15) is 0 Å². The van der Waals surface area contributed by atoms with E-state index in [9.17, 15) is 0 Å². The molecule has 0 saturated carbocycles. The Hall–Kier alpha value is 1.48. The number of hydrogen-bond acceptors (Lipinski definition) is 1. The zero-order valence-corrected chi connectivity index (χ0v) is 25.2. The molecule has 0 aromatic heterocycles. The van der Waals surface area contributed by atoms with E-state index in [-0.39, 0.29) is 15.7 Å². The van der Waals surface area contributed by atoms with Crippen molar-refractivity contribution in [1.82, 2.24) is 4.23 Å². The van der Waals surface area contributed by atoms with Gasteiger partial charge in [0.05, 0.1) is 0 Å². The largest absolute Gasteiger partial charge is 0.356 e. The lowest BCUT2D eigenvalue weighted by Crippen LogP contribution is -2.74. The SMILES string of the molecule is CCCCCCCC(N([Si](C)(C)C(C)(C)C)[Si](C)(C)C(C)(C)C)[Si](Cl)(Cl)Cl. The maximum Gasteiger partial charge on any atom is 0.356 e. The molecular weight excluding hydrogens is 445 g/mol. The second-order valence-corrected chi connectivity index (χ2v) is 30.8. The smallest absolute Gasteiger partial charge is 0.342 e. The van der Waals surface area contributed by atoms with E-state index in [0.717, 1.165) is 6.42 Å². The normalized spacial score (nSPS) is 16.1. The summed E-state index contributed by atoms with van der Waals surface area (Å²) in [5.41, 5.74) is 0.130. The summed E-state index contributed by atoms with van der Waals surface area (Å²) >= 11 is 20.5. The van der Waals surface area contributed by atoms with Gasteiger partial charge in [0, 0.05) is 5.67 Å². The third kappa shape index (κ3) is 7.59. The van der Waals surface area contributed by atoms with Crippen molar-refractivity contribution < 1.29 is 0 Å². The van der Waals surface area contributed by atoms with Gasteiger partial charge in [0.1, 0.15) is 16.5 Å². The van der Waals surface area contributed by atoms with Crippen LogP contribution in [0, 0.1) is 0 Å². The molecule has 164 valence electrons. The summed E-state index contributed by atoms with van der Waals surface area (Å²) in [5.74, 6) is 0. The van der Waals surface area contributed by atoms with Crippen LogP contribution < -0.4 is 0 Å². The number of unbranched alkanes of at least 4 members (excludes halogenated alkanes) is 4. The minimum absolute atomic E-state index is 0.130. The summed E-state index contributed by atoms with van der Waals surface area (Å²) in [4.78, 5) is 0. The molecule has 7 heteroatoms. The fourth-order valence-corrected chi connectivity index (χ4v) is 21.7. The molecule has 1 unspecified atom stereocenters. The average Bonchev–Trinajstić information content (AvgIpc) is 2.41. The lowest BCUT2D eigenvalue weighted by Gasteiger charge is -2.60. The quantitative estimate of drug-likeness (QED) is 0.167. The Morgan fingerprint density at radius 1 is 0.704 bits per heavy atom. The van der Waals surface area contributed by atoms with Crippen LogP contribution in [-0.4, -0.2) is 32.4 Å². The van der Waals surface area contributed by atoms with Crippen LogP contribution in [0.1, 0.15) is 87.0 Å². The molecule has 0 heterocycles. The van der Waals surface area contributed by atoms with E-state index < -0.39 is 22.5 Å². The molecule has 0 radical (unpaired) electrons. The third-order valence-corrected chi connectivity index (χ3v) is 25.0. The standard InChI is InChI=1S/C20H46Cl3NSi3/c1-12-13-14-15-16-17-18(27(21,22)23)24(25(8,9)19(2,3)4)26(10,11)20(5,6)7/h18H,12-17H2,1-11H3. The summed E-state index contributed by atoms with van der Waals surface area (Å²) in [6.07, 6.45) is 7.33. The predicted molar refractivity (Wildman–Crippen MR) is 137 cm³/mol. The molecule has 27 heavy (non-hydrogen) atoms. The maximum atomic E-state index is 6.82. The summed E-state index contributed by atoms with van der Waals surface area (Å²) in [5, 5.41) is 0.459. The second kappa shape index (κ2) is 10.2. The van der Waals surface area contributed by atoms with Crippen molar-refractivity contribution in [3.05, 3.63) is 0 Å². The Labute approximate surface area is 188 Å². The van der Waals surface area contributed by atoms with Crippen LogP contribution in [0.5, 0.6) is 0 Å². The summed E-state index contributed by atoms with van der Waals surface area (Å²) in [6.45, 7) is 26.6. The number of halogens is 3. The topological polar surface area (TPSA) is 3.24 Å². The predicted octanol–water partition coefficient (Wildman–Crippen LogP) is 9.22. The maximum absolute atomic E-state index is 6.82. The van der Waals surface area contributed by atoms with Gasteiger partial charge in [0.2, 0.25) is 0 Å². The highest BCUT2D eigenvalue weighted by Gasteiger charge is 2.58. The first-order valence-electron chi connectivity index (χ1n) is 10.7. The van der Waals surface area contributed by atoms with Gasteiger partial charge in [0.25, 0.3) is 0 Å². The molecule has 0 spiro atoms. The number of hydrogen-bond donors (Lipinski definition) is 0. The lowest BCUT2D eigenvalue weighted by molar-refractivity contribution is 0.443. The van der Waals surface area contributed by atoms with Gasteiger partial charge in [-0.25, -0.2) is 0 Å². The van der Waals surface area contributed by atoms with Crippen LogP contribution in [0.4, 0.5) is 0 Å². The number of nitrogens with zero attached hydrogens (tertiary/aromatic N) is 1. The van der Waals surface area contributed by atoms with E-state index in [4.69, 9.17) is 33.2 Å². The van der Waals surface area contributed by atoms with Gasteiger partial charge in [-0.05, 0) is 16.5 Å². The van der Waals surface area contributed by atoms with E-state index in [2.05, 4.69) is 78.9 Å². The number of rotatable bonds is 10. The van der Waals surface area contributed by atoms with Gasteiger partial charge in [0.15, 0.2) is 0 Å². The van der Waals surface area contributed by atoms with E-state index in [1.807, 2.05) is 0 Å². The molecule has 0 aliphatic heterocycles. The Balaban J connectivity index is 6.10. The van der Waals surface area contributed by atoms with E-state index >= 15 is 0 Å². The molecule has 1 nitrogen and oxygen atoms in total. The van der Waals surface area contributed by atoms with Crippen molar-refractivity contribution in [2.24, 2.45) is 0 Å². The summed E-state index contributed by atoms with van der Waals surface area (Å²) < 4.78 is 2.87. The monoisotopic (exact) mass is 489 g/mol. The van der Waals surface area contributed by atoms with Crippen molar-refractivity contribution in [3.63, 3.8) is 0 Å². The van der Waals surface area contributed by atoms with Gasteiger partial charge in [-0.1, -0.05) is 107 Å². The van der Waals surface area contributed by atoms with Gasteiger partial charge in [-0.3, -0.25) is 0 Å². The Morgan fingerprint density at radius 2 is 1.07 bits per heavy atom. The van der Waals surface area contributed by atoms with Crippen LogP contribution in [0.2, 0.25) is 36.3 Å². The molecule has 1 atom stereocenters. The molecule has 0 amide bonds. The van der Waals surface area contributed by atoms with Crippen LogP contribution >= 0.6 is 33.2 Å². The highest BCUT2D eigenvalue weighted by atomic mass is 35.8. The Morgan fingerprint density at radius 3 is 1.37 bits per heavy atom. The lowest BCUT2D eigenvalue weighted by atomic mass is 10.1. The van der Waals surface area contributed by atoms with Crippen molar-refractivity contribution >= 4 is 55.7 Å². The zero-order valence-electron chi connectivity index (χ0n) is 19.9. The molecule has 0 aliphatic rings. The molecule has 0 fully saturated rings. The van der Waals surface area contributed by atoms with E-state index in [1.54, 1.807) is 0 Å². The van der Waals surface area contributed by atoms with Crippen molar-refractivity contribution in [1.29, 1.82) is 0 Å². The minimum atomic E-state index is -2.88. The fraction of sp³-hybridized carbons (Fsp3) is 1.00. The van der Waals surface area contributed by atoms with Gasteiger partial charge in [-0.15, -0.1) is 33.2 Å². The van der Waals surface area contributed by atoms with Crippen molar-refractivity contribution in [2.75, 3.05) is 0 Å². The Bertz CT molecular complexity index is 423. The Kier molecular flexibility index (Phi) is 10.8. The van der Waals surface area contributed by atoms with Crippen LogP contribution in [-0.2, 0) is 0 Å². The molecule has 0 aliphatic carbocycles.